The fraction of sp³-hybridized carbons (Fsp3) is 0.643. The molecule has 21 heavy (non-hydrogen) atoms. The van der Waals surface area contributed by atoms with E-state index in [4.69, 9.17) is 14.2 Å². The predicted octanol–water partition coefficient (Wildman–Crippen LogP) is 0.244. The summed E-state index contributed by atoms with van der Waals surface area (Å²) in [5.74, 6) is -1.80. The number of ether oxygens (including phenoxy) is 3. The molecule has 1 saturated heterocycles. The van der Waals surface area contributed by atoms with E-state index in [1.54, 1.807) is 6.20 Å². The molecule has 0 spiro atoms. The normalized spacial score (nSPS) is 26.9. The van der Waals surface area contributed by atoms with E-state index in [1.807, 2.05) is 4.90 Å². The van der Waals surface area contributed by atoms with E-state index in [0.29, 0.717) is 6.42 Å². The number of esters is 3. The summed E-state index contributed by atoms with van der Waals surface area (Å²) in [6.45, 7) is 0.727. The first-order valence-electron chi connectivity index (χ1n) is 6.72. The summed E-state index contributed by atoms with van der Waals surface area (Å²) in [4.78, 5) is 38.2. The molecule has 116 valence electrons. The summed E-state index contributed by atoms with van der Waals surface area (Å²) in [7, 11) is 3.73. The first-order valence-corrected chi connectivity index (χ1v) is 6.72. The van der Waals surface area contributed by atoms with Gasteiger partial charge in [-0.05, 0) is 12.8 Å². The van der Waals surface area contributed by atoms with E-state index in [0.717, 1.165) is 13.0 Å². The highest BCUT2D eigenvalue weighted by Crippen LogP contribution is 2.49. The van der Waals surface area contributed by atoms with Crippen molar-refractivity contribution in [3.05, 3.63) is 11.8 Å². The Morgan fingerprint density at radius 1 is 1.24 bits per heavy atom. The van der Waals surface area contributed by atoms with Gasteiger partial charge in [0, 0.05) is 18.8 Å². The van der Waals surface area contributed by atoms with Crippen molar-refractivity contribution in [2.75, 3.05) is 27.9 Å². The van der Waals surface area contributed by atoms with Crippen LogP contribution in [0.5, 0.6) is 0 Å². The summed E-state index contributed by atoms with van der Waals surface area (Å²) >= 11 is 0. The summed E-state index contributed by atoms with van der Waals surface area (Å²) in [5, 5.41) is 0. The van der Waals surface area contributed by atoms with Gasteiger partial charge in [-0.1, -0.05) is 0 Å². The summed E-state index contributed by atoms with van der Waals surface area (Å²) in [5.41, 5.74) is -1.20. The lowest BCUT2D eigenvalue weighted by Gasteiger charge is -2.33. The molecule has 2 heterocycles. The van der Waals surface area contributed by atoms with Crippen molar-refractivity contribution >= 4 is 17.9 Å². The van der Waals surface area contributed by atoms with Crippen LogP contribution in [0.1, 0.15) is 19.3 Å². The average Bonchev–Trinajstić information content (AvgIpc) is 3.07. The zero-order valence-electron chi connectivity index (χ0n) is 12.4. The molecule has 0 amide bonds. The third kappa shape index (κ3) is 2.26. The Morgan fingerprint density at radius 3 is 2.52 bits per heavy atom. The number of fused-ring (bicyclic) bond motifs is 1. The quantitative estimate of drug-likeness (QED) is 0.543. The number of carbonyl (C=O) groups excluding carboxylic acids is 3. The predicted molar refractivity (Wildman–Crippen MR) is 70.9 cm³/mol. The van der Waals surface area contributed by atoms with Gasteiger partial charge in [0.2, 0.25) is 0 Å². The maximum atomic E-state index is 12.5. The molecular weight excluding hydrogens is 278 g/mol. The topological polar surface area (TPSA) is 82.1 Å². The molecule has 2 aliphatic rings. The Kier molecular flexibility index (Phi) is 4.20. The van der Waals surface area contributed by atoms with Gasteiger partial charge in [-0.25, -0.2) is 4.79 Å². The van der Waals surface area contributed by atoms with Gasteiger partial charge in [0.1, 0.15) is 5.41 Å². The van der Waals surface area contributed by atoms with E-state index >= 15 is 0 Å². The van der Waals surface area contributed by atoms with Crippen molar-refractivity contribution in [1.29, 1.82) is 0 Å². The van der Waals surface area contributed by atoms with E-state index < -0.39 is 23.3 Å². The monoisotopic (exact) mass is 297 g/mol. The molecule has 1 fully saturated rings. The van der Waals surface area contributed by atoms with Crippen LogP contribution in [0.3, 0.4) is 0 Å². The van der Waals surface area contributed by atoms with Crippen LogP contribution >= 0.6 is 0 Å². The summed E-state index contributed by atoms with van der Waals surface area (Å²) in [6.07, 6.45) is 2.96. The van der Waals surface area contributed by atoms with Gasteiger partial charge < -0.3 is 19.1 Å². The van der Waals surface area contributed by atoms with Crippen molar-refractivity contribution in [3.63, 3.8) is 0 Å². The molecule has 0 radical (unpaired) electrons. The number of hydrogen-bond acceptors (Lipinski definition) is 7. The maximum Gasteiger partial charge on any atom is 0.336 e. The zero-order chi connectivity index (χ0) is 15.6. The van der Waals surface area contributed by atoms with E-state index in [9.17, 15) is 14.4 Å². The fourth-order valence-corrected chi connectivity index (χ4v) is 3.29. The summed E-state index contributed by atoms with van der Waals surface area (Å²) in [6, 6.07) is -0.279. The van der Waals surface area contributed by atoms with Crippen LogP contribution in [0.25, 0.3) is 0 Å². The Bertz CT molecular complexity index is 500. The SMILES string of the molecule is COC(=O)C[C@@]1(C(=O)OC)C(C(=O)OC)=CN2CCC[C@@H]21. The molecule has 0 aromatic rings. The minimum Gasteiger partial charge on any atom is -0.469 e. The lowest BCUT2D eigenvalue weighted by Crippen LogP contribution is -2.48. The number of rotatable bonds is 4. The molecular formula is C14H19NO6. The molecule has 0 N–H and O–H groups in total. The molecule has 2 rings (SSSR count). The van der Waals surface area contributed by atoms with E-state index in [2.05, 4.69) is 0 Å². The highest BCUT2D eigenvalue weighted by Gasteiger charge is 2.60. The molecule has 7 nitrogen and oxygen atoms in total. The summed E-state index contributed by atoms with van der Waals surface area (Å²) < 4.78 is 14.4. The van der Waals surface area contributed by atoms with Gasteiger partial charge >= 0.3 is 17.9 Å². The van der Waals surface area contributed by atoms with E-state index in [1.165, 1.54) is 21.3 Å². The van der Waals surface area contributed by atoms with Crippen molar-refractivity contribution in [2.24, 2.45) is 5.41 Å². The van der Waals surface area contributed by atoms with Crippen LogP contribution in [-0.2, 0) is 28.6 Å². The first-order chi connectivity index (χ1) is 10.0. The van der Waals surface area contributed by atoms with Crippen LogP contribution in [0.2, 0.25) is 0 Å². The molecule has 2 atom stereocenters. The molecule has 0 unspecified atom stereocenters. The second kappa shape index (κ2) is 5.75. The van der Waals surface area contributed by atoms with Crippen LogP contribution in [0, 0.1) is 5.41 Å². The van der Waals surface area contributed by atoms with Gasteiger partial charge in [0.15, 0.2) is 0 Å². The Balaban J connectivity index is 2.51. The molecule has 7 heteroatoms. The third-order valence-electron chi connectivity index (χ3n) is 4.24. The van der Waals surface area contributed by atoms with Crippen molar-refractivity contribution in [3.8, 4) is 0 Å². The van der Waals surface area contributed by atoms with Gasteiger partial charge in [0.25, 0.3) is 0 Å². The van der Waals surface area contributed by atoms with Crippen LogP contribution in [0.15, 0.2) is 11.8 Å². The van der Waals surface area contributed by atoms with Crippen LogP contribution < -0.4 is 0 Å². The Morgan fingerprint density at radius 2 is 1.95 bits per heavy atom. The van der Waals surface area contributed by atoms with Crippen LogP contribution in [-0.4, -0.2) is 56.7 Å². The van der Waals surface area contributed by atoms with Gasteiger partial charge in [-0.2, -0.15) is 0 Å². The minimum atomic E-state index is -1.36. The first kappa shape index (κ1) is 15.3. The smallest absolute Gasteiger partial charge is 0.336 e. The van der Waals surface area contributed by atoms with Gasteiger partial charge in [-0.3, -0.25) is 9.59 Å². The molecule has 0 aromatic heterocycles. The van der Waals surface area contributed by atoms with Crippen molar-refractivity contribution < 1.29 is 28.6 Å². The highest BCUT2D eigenvalue weighted by atomic mass is 16.5. The fourth-order valence-electron chi connectivity index (χ4n) is 3.29. The second-order valence-electron chi connectivity index (χ2n) is 5.15. The standard InChI is InChI=1S/C14H19NO6/c1-19-11(16)7-14(13(18)21-3)9(12(17)20-2)8-15-6-4-5-10(14)15/h8,10H,4-7H2,1-3H3/t10-,14-/m1/s1. The van der Waals surface area contributed by atoms with Gasteiger partial charge in [0.05, 0.1) is 33.3 Å². The molecule has 0 aliphatic carbocycles. The number of methoxy groups -OCH3 is 3. The Labute approximate surface area is 122 Å². The molecule has 0 bridgehead atoms. The molecule has 0 aromatic carbocycles. The number of carbonyl (C=O) groups is 3. The third-order valence-corrected chi connectivity index (χ3v) is 4.24. The molecule has 2 aliphatic heterocycles. The highest BCUT2D eigenvalue weighted by molar-refractivity contribution is 6.01. The number of hydrogen-bond donors (Lipinski definition) is 0. The van der Waals surface area contributed by atoms with Crippen LogP contribution in [0.4, 0.5) is 0 Å². The maximum absolute atomic E-state index is 12.5. The zero-order valence-corrected chi connectivity index (χ0v) is 12.4. The lowest BCUT2D eigenvalue weighted by atomic mass is 9.72. The van der Waals surface area contributed by atoms with E-state index in [-0.39, 0.29) is 18.0 Å². The Hall–Kier alpha value is -2.05. The second-order valence-corrected chi connectivity index (χ2v) is 5.15. The van der Waals surface area contributed by atoms with Gasteiger partial charge in [-0.15, -0.1) is 0 Å². The van der Waals surface area contributed by atoms with Crippen molar-refractivity contribution in [1.82, 2.24) is 4.90 Å². The number of nitrogens with zero attached hydrogens (tertiary/aromatic N) is 1. The van der Waals surface area contributed by atoms with Crippen molar-refractivity contribution in [2.45, 2.75) is 25.3 Å². The minimum absolute atomic E-state index is 0.159. The average molecular weight is 297 g/mol. The molecule has 0 saturated carbocycles. The lowest BCUT2D eigenvalue weighted by molar-refractivity contribution is -0.161. The largest absolute Gasteiger partial charge is 0.469 e.